The van der Waals surface area contributed by atoms with E-state index in [0.29, 0.717) is 6.04 Å². The number of para-hydroxylation sites is 1. The van der Waals surface area contributed by atoms with E-state index in [1.54, 1.807) is 0 Å². The fourth-order valence-electron chi connectivity index (χ4n) is 2.38. The summed E-state index contributed by atoms with van der Waals surface area (Å²) in [5.74, 6) is 0. The van der Waals surface area contributed by atoms with E-state index in [4.69, 9.17) is 11.6 Å². The molecule has 0 aliphatic carbocycles. The van der Waals surface area contributed by atoms with Crippen molar-refractivity contribution in [3.05, 3.63) is 64.7 Å². The van der Waals surface area contributed by atoms with Crippen LogP contribution in [0.15, 0.2) is 48.5 Å². The first-order chi connectivity index (χ1) is 8.33. The molecule has 0 spiro atoms. The molecule has 1 aliphatic rings. The zero-order valence-electron chi connectivity index (χ0n) is 9.49. The van der Waals surface area contributed by atoms with Gasteiger partial charge in [0, 0.05) is 10.7 Å². The number of halogens is 1. The normalized spacial score (nSPS) is 18.3. The molecule has 17 heavy (non-hydrogen) atoms. The molecule has 0 saturated heterocycles. The molecule has 0 amide bonds. The number of benzene rings is 2. The smallest absolute Gasteiger partial charge is 0.0517 e. The van der Waals surface area contributed by atoms with Crippen molar-refractivity contribution >= 4 is 17.3 Å². The van der Waals surface area contributed by atoms with Crippen molar-refractivity contribution < 1.29 is 0 Å². The molecule has 0 fully saturated rings. The molecule has 1 atom stereocenters. The lowest BCUT2D eigenvalue weighted by atomic mass is 9.93. The molecule has 0 saturated carbocycles. The molecule has 0 bridgehead atoms. The molecule has 1 heterocycles. The zero-order valence-corrected chi connectivity index (χ0v) is 10.2. The average Bonchev–Trinajstić information content (AvgIpc) is 2.39. The molecule has 86 valence electrons. The molecule has 2 aromatic carbocycles. The minimum atomic E-state index is 0.405. The minimum Gasteiger partial charge on any atom is -0.378 e. The Bertz CT molecular complexity index is 519. The Morgan fingerprint density at radius 3 is 2.59 bits per heavy atom. The van der Waals surface area contributed by atoms with Gasteiger partial charge in [0.05, 0.1) is 6.04 Å². The second-order valence-corrected chi connectivity index (χ2v) is 4.88. The van der Waals surface area contributed by atoms with Gasteiger partial charge in [-0.1, -0.05) is 41.9 Å². The van der Waals surface area contributed by atoms with Crippen LogP contribution in [0.1, 0.15) is 23.6 Å². The number of aryl methyl sites for hydroxylation is 1. The fraction of sp³-hybridized carbons (Fsp3) is 0.200. The van der Waals surface area contributed by atoms with E-state index in [0.717, 1.165) is 17.9 Å². The highest BCUT2D eigenvalue weighted by molar-refractivity contribution is 6.30. The quantitative estimate of drug-likeness (QED) is 0.781. The first-order valence-corrected chi connectivity index (χ1v) is 6.30. The van der Waals surface area contributed by atoms with Gasteiger partial charge in [0.15, 0.2) is 0 Å². The van der Waals surface area contributed by atoms with Gasteiger partial charge in [-0.3, -0.25) is 0 Å². The van der Waals surface area contributed by atoms with Gasteiger partial charge in [-0.05, 0) is 42.2 Å². The second-order valence-electron chi connectivity index (χ2n) is 4.44. The van der Waals surface area contributed by atoms with Crippen LogP contribution < -0.4 is 5.32 Å². The summed E-state index contributed by atoms with van der Waals surface area (Å²) in [6.07, 6.45) is 2.27. The van der Waals surface area contributed by atoms with Crippen LogP contribution in [0, 0.1) is 0 Å². The van der Waals surface area contributed by atoms with E-state index in [1.807, 2.05) is 12.1 Å². The van der Waals surface area contributed by atoms with Crippen molar-refractivity contribution in [1.29, 1.82) is 0 Å². The Hall–Kier alpha value is -1.47. The van der Waals surface area contributed by atoms with Crippen LogP contribution in [-0.4, -0.2) is 0 Å². The molecule has 0 unspecified atom stereocenters. The third-order valence-electron chi connectivity index (χ3n) is 3.32. The van der Waals surface area contributed by atoms with Gasteiger partial charge in [0.1, 0.15) is 0 Å². The molecule has 2 aromatic rings. The summed E-state index contributed by atoms with van der Waals surface area (Å²) >= 11 is 5.91. The predicted molar refractivity (Wildman–Crippen MR) is 72.6 cm³/mol. The van der Waals surface area contributed by atoms with E-state index >= 15 is 0 Å². The number of anilines is 1. The third-order valence-corrected chi connectivity index (χ3v) is 3.57. The number of fused-ring (bicyclic) bond motifs is 1. The lowest BCUT2D eigenvalue weighted by molar-refractivity contribution is 0.668. The van der Waals surface area contributed by atoms with Gasteiger partial charge in [0.25, 0.3) is 0 Å². The molecule has 1 aliphatic heterocycles. The Kier molecular flexibility index (Phi) is 2.77. The van der Waals surface area contributed by atoms with Crippen LogP contribution in [0.5, 0.6) is 0 Å². The largest absolute Gasteiger partial charge is 0.378 e. The van der Waals surface area contributed by atoms with E-state index in [1.165, 1.54) is 16.8 Å². The van der Waals surface area contributed by atoms with Crippen molar-refractivity contribution in [3.8, 4) is 0 Å². The van der Waals surface area contributed by atoms with Gasteiger partial charge in [-0.25, -0.2) is 0 Å². The fourth-order valence-corrected chi connectivity index (χ4v) is 2.51. The van der Waals surface area contributed by atoms with Gasteiger partial charge >= 0.3 is 0 Å². The van der Waals surface area contributed by atoms with E-state index in [9.17, 15) is 0 Å². The minimum absolute atomic E-state index is 0.405. The van der Waals surface area contributed by atoms with Crippen LogP contribution in [-0.2, 0) is 6.42 Å². The maximum absolute atomic E-state index is 5.91. The van der Waals surface area contributed by atoms with E-state index < -0.39 is 0 Å². The second kappa shape index (κ2) is 4.42. The highest BCUT2D eigenvalue weighted by atomic mass is 35.5. The van der Waals surface area contributed by atoms with Crippen LogP contribution in [0.3, 0.4) is 0 Å². The summed E-state index contributed by atoms with van der Waals surface area (Å²) in [6.45, 7) is 0. The zero-order chi connectivity index (χ0) is 11.7. The molecular formula is C15H14ClN. The van der Waals surface area contributed by atoms with Crippen molar-refractivity contribution in [2.24, 2.45) is 0 Å². The van der Waals surface area contributed by atoms with Crippen LogP contribution in [0.4, 0.5) is 5.69 Å². The molecule has 1 nitrogen and oxygen atoms in total. The van der Waals surface area contributed by atoms with Crippen molar-refractivity contribution in [1.82, 2.24) is 0 Å². The Morgan fingerprint density at radius 1 is 1.00 bits per heavy atom. The summed E-state index contributed by atoms with van der Waals surface area (Å²) in [5.41, 5.74) is 3.99. The summed E-state index contributed by atoms with van der Waals surface area (Å²) < 4.78 is 0. The Balaban J connectivity index is 1.86. The lowest BCUT2D eigenvalue weighted by Crippen LogP contribution is -2.17. The van der Waals surface area contributed by atoms with Crippen LogP contribution in [0.25, 0.3) is 0 Å². The maximum Gasteiger partial charge on any atom is 0.0517 e. The van der Waals surface area contributed by atoms with Crippen molar-refractivity contribution in [2.45, 2.75) is 18.9 Å². The van der Waals surface area contributed by atoms with E-state index in [2.05, 4.69) is 41.7 Å². The lowest BCUT2D eigenvalue weighted by Gasteiger charge is -2.27. The molecule has 2 heteroatoms. The summed E-state index contributed by atoms with van der Waals surface area (Å²) in [6, 6.07) is 17.1. The maximum atomic E-state index is 5.91. The standard InChI is InChI=1S/C15H14ClN/c16-13-8-5-12(6-9-13)15-10-7-11-3-1-2-4-14(11)17-15/h1-6,8-9,15,17H,7,10H2/t15-/m1/s1. The van der Waals surface area contributed by atoms with Gasteiger partial charge in [-0.15, -0.1) is 0 Å². The first kappa shape index (κ1) is 10.7. The Labute approximate surface area is 106 Å². The van der Waals surface area contributed by atoms with Gasteiger partial charge < -0.3 is 5.32 Å². The third kappa shape index (κ3) is 2.16. The predicted octanol–water partition coefficient (Wildman–Crippen LogP) is 4.44. The highest BCUT2D eigenvalue weighted by Crippen LogP contribution is 2.32. The van der Waals surface area contributed by atoms with Crippen molar-refractivity contribution in [3.63, 3.8) is 0 Å². The monoisotopic (exact) mass is 243 g/mol. The molecule has 0 aromatic heterocycles. The summed E-state index contributed by atoms with van der Waals surface area (Å²) in [7, 11) is 0. The SMILES string of the molecule is Clc1ccc([C@H]2CCc3ccccc3N2)cc1. The van der Waals surface area contributed by atoms with Crippen molar-refractivity contribution in [2.75, 3.05) is 5.32 Å². The Morgan fingerprint density at radius 2 is 1.76 bits per heavy atom. The molecular weight excluding hydrogens is 230 g/mol. The molecule has 3 rings (SSSR count). The number of hydrogen-bond acceptors (Lipinski definition) is 1. The topological polar surface area (TPSA) is 12.0 Å². The first-order valence-electron chi connectivity index (χ1n) is 5.93. The number of rotatable bonds is 1. The van der Waals surface area contributed by atoms with Gasteiger partial charge in [-0.2, -0.15) is 0 Å². The highest BCUT2D eigenvalue weighted by Gasteiger charge is 2.18. The number of hydrogen-bond donors (Lipinski definition) is 1. The molecule has 1 N–H and O–H groups in total. The summed E-state index contributed by atoms with van der Waals surface area (Å²) in [4.78, 5) is 0. The van der Waals surface area contributed by atoms with Gasteiger partial charge in [0.2, 0.25) is 0 Å². The number of nitrogens with one attached hydrogen (secondary N) is 1. The van der Waals surface area contributed by atoms with E-state index in [-0.39, 0.29) is 0 Å². The van der Waals surface area contributed by atoms with Crippen LogP contribution >= 0.6 is 11.6 Å². The average molecular weight is 244 g/mol. The summed E-state index contributed by atoms with van der Waals surface area (Å²) in [5, 5.41) is 4.39. The van der Waals surface area contributed by atoms with Crippen LogP contribution in [0.2, 0.25) is 5.02 Å². The molecule has 0 radical (unpaired) electrons.